The Bertz CT molecular complexity index is 552. The molecule has 6 heteroatoms. The topological polar surface area (TPSA) is 61.8 Å². The zero-order valence-corrected chi connectivity index (χ0v) is 12.4. The van der Waals surface area contributed by atoms with E-state index in [2.05, 4.69) is 15.9 Å². The highest BCUT2D eigenvalue weighted by Crippen LogP contribution is 2.43. The van der Waals surface area contributed by atoms with Crippen LogP contribution in [0.3, 0.4) is 0 Å². The van der Waals surface area contributed by atoms with Gasteiger partial charge < -0.3 is 14.2 Å². The Morgan fingerprint density at radius 1 is 1.47 bits per heavy atom. The Labute approximate surface area is 119 Å². The fourth-order valence-corrected chi connectivity index (χ4v) is 2.72. The van der Waals surface area contributed by atoms with Crippen LogP contribution < -0.4 is 4.74 Å². The van der Waals surface area contributed by atoms with Gasteiger partial charge in [0, 0.05) is 11.1 Å². The first-order valence-electron chi connectivity index (χ1n) is 5.72. The number of esters is 2. The van der Waals surface area contributed by atoms with Crippen molar-refractivity contribution < 1.29 is 23.8 Å². The maximum Gasteiger partial charge on any atom is 0.343 e. The van der Waals surface area contributed by atoms with E-state index in [0.29, 0.717) is 34.4 Å². The molecule has 0 spiro atoms. The fraction of sp³-hybridized carbons (Fsp3) is 0.385. The van der Waals surface area contributed by atoms with Gasteiger partial charge in [0.05, 0.1) is 19.8 Å². The van der Waals surface area contributed by atoms with Gasteiger partial charge in [-0.1, -0.05) is 6.92 Å². The summed E-state index contributed by atoms with van der Waals surface area (Å²) in [6.07, 6.45) is 0.543. The number of rotatable bonds is 3. The van der Waals surface area contributed by atoms with Crippen LogP contribution in [0.5, 0.6) is 5.75 Å². The summed E-state index contributed by atoms with van der Waals surface area (Å²) in [6.45, 7) is 1.88. The molecular weight excluding hydrogens is 316 g/mol. The van der Waals surface area contributed by atoms with Gasteiger partial charge in [-0.25, -0.2) is 9.59 Å². The van der Waals surface area contributed by atoms with Gasteiger partial charge in [-0.15, -0.1) is 0 Å². The molecule has 1 aromatic carbocycles. The summed E-state index contributed by atoms with van der Waals surface area (Å²) in [5.74, 6) is -0.538. The minimum Gasteiger partial charge on any atom is -0.496 e. The van der Waals surface area contributed by atoms with Crippen LogP contribution in [0.25, 0.3) is 0 Å². The van der Waals surface area contributed by atoms with Crippen molar-refractivity contribution in [1.29, 1.82) is 0 Å². The molecule has 19 heavy (non-hydrogen) atoms. The third-order valence-electron chi connectivity index (χ3n) is 3.04. The van der Waals surface area contributed by atoms with Crippen molar-refractivity contribution in [2.75, 3.05) is 14.2 Å². The predicted molar refractivity (Wildman–Crippen MR) is 70.8 cm³/mol. The van der Waals surface area contributed by atoms with Gasteiger partial charge in [-0.3, -0.25) is 0 Å². The molecule has 1 atom stereocenters. The SMILES string of the molecule is CCc1c(C(=O)OC)cc2c(c1OC)C(=O)OC2Br. The first-order valence-corrected chi connectivity index (χ1v) is 6.63. The minimum absolute atomic E-state index is 0.369. The molecule has 2 rings (SSSR count). The van der Waals surface area contributed by atoms with E-state index in [1.165, 1.54) is 14.2 Å². The highest BCUT2D eigenvalue weighted by Gasteiger charge is 2.36. The van der Waals surface area contributed by atoms with Crippen molar-refractivity contribution >= 4 is 27.9 Å². The number of carbonyl (C=O) groups excluding carboxylic acids is 2. The summed E-state index contributed by atoms with van der Waals surface area (Å²) in [6, 6.07) is 1.62. The lowest BCUT2D eigenvalue weighted by molar-refractivity contribution is 0.0527. The van der Waals surface area contributed by atoms with Crippen LogP contribution in [0.1, 0.15) is 43.8 Å². The van der Waals surface area contributed by atoms with E-state index in [1.807, 2.05) is 6.92 Å². The van der Waals surface area contributed by atoms with Crippen LogP contribution in [0.2, 0.25) is 0 Å². The second kappa shape index (κ2) is 5.21. The number of hydrogen-bond acceptors (Lipinski definition) is 5. The largest absolute Gasteiger partial charge is 0.496 e. The van der Waals surface area contributed by atoms with Crippen LogP contribution in [0.4, 0.5) is 0 Å². The van der Waals surface area contributed by atoms with Gasteiger partial charge in [0.15, 0.2) is 5.01 Å². The Morgan fingerprint density at radius 3 is 2.68 bits per heavy atom. The molecule has 1 aromatic rings. The summed E-state index contributed by atoms with van der Waals surface area (Å²) in [7, 11) is 2.78. The molecule has 1 aliphatic rings. The molecule has 102 valence electrons. The van der Waals surface area contributed by atoms with E-state index in [9.17, 15) is 9.59 Å². The van der Waals surface area contributed by atoms with Crippen LogP contribution in [-0.2, 0) is 15.9 Å². The Hall–Kier alpha value is -1.56. The monoisotopic (exact) mass is 328 g/mol. The fourth-order valence-electron chi connectivity index (χ4n) is 2.19. The molecule has 0 amide bonds. The average molecular weight is 329 g/mol. The number of cyclic esters (lactones) is 1. The minimum atomic E-state index is -0.571. The molecule has 0 fully saturated rings. The molecule has 0 radical (unpaired) electrons. The molecule has 0 aromatic heterocycles. The van der Waals surface area contributed by atoms with Crippen molar-refractivity contribution in [3.63, 3.8) is 0 Å². The number of alkyl halides is 1. The van der Waals surface area contributed by atoms with E-state index in [0.717, 1.165) is 0 Å². The maximum absolute atomic E-state index is 11.8. The summed E-state index contributed by atoms with van der Waals surface area (Å²) in [5, 5.41) is -0.571. The lowest BCUT2D eigenvalue weighted by Crippen LogP contribution is -2.10. The van der Waals surface area contributed by atoms with Crippen LogP contribution in [0.15, 0.2) is 6.07 Å². The molecule has 0 bridgehead atoms. The van der Waals surface area contributed by atoms with Gasteiger partial charge in [0.2, 0.25) is 0 Å². The summed E-state index contributed by atoms with van der Waals surface area (Å²) in [5.41, 5.74) is 1.99. The number of ether oxygens (including phenoxy) is 3. The third kappa shape index (κ3) is 2.10. The van der Waals surface area contributed by atoms with Crippen molar-refractivity contribution in [1.82, 2.24) is 0 Å². The predicted octanol–water partition coefficient (Wildman–Crippen LogP) is 2.61. The van der Waals surface area contributed by atoms with Gasteiger partial charge in [0.25, 0.3) is 0 Å². The molecule has 0 saturated carbocycles. The lowest BCUT2D eigenvalue weighted by atomic mass is 9.96. The normalized spacial score (nSPS) is 16.8. The second-order valence-corrected chi connectivity index (χ2v) is 4.80. The zero-order valence-electron chi connectivity index (χ0n) is 10.8. The molecule has 0 N–H and O–H groups in total. The number of hydrogen-bond donors (Lipinski definition) is 0. The smallest absolute Gasteiger partial charge is 0.343 e. The number of methoxy groups -OCH3 is 2. The van der Waals surface area contributed by atoms with E-state index in [1.54, 1.807) is 6.07 Å². The molecule has 5 nitrogen and oxygen atoms in total. The highest BCUT2D eigenvalue weighted by molar-refractivity contribution is 9.09. The standard InChI is InChI=1S/C13H13BrO5/c1-4-6-7(12(15)18-3)5-8-9(10(6)17-2)13(16)19-11(8)14/h5,11H,4H2,1-3H3. The van der Waals surface area contributed by atoms with Gasteiger partial charge in [-0.2, -0.15) is 0 Å². The first-order chi connectivity index (χ1) is 9.04. The Morgan fingerprint density at radius 2 is 2.16 bits per heavy atom. The molecule has 1 heterocycles. The van der Waals surface area contributed by atoms with Gasteiger partial charge >= 0.3 is 11.9 Å². The number of carbonyl (C=O) groups is 2. The van der Waals surface area contributed by atoms with Gasteiger partial charge in [0.1, 0.15) is 11.3 Å². The average Bonchev–Trinajstić information content (AvgIpc) is 2.70. The zero-order chi connectivity index (χ0) is 14.2. The van der Waals surface area contributed by atoms with E-state index < -0.39 is 17.0 Å². The van der Waals surface area contributed by atoms with Crippen LogP contribution in [-0.4, -0.2) is 26.2 Å². The molecule has 1 aliphatic heterocycles. The van der Waals surface area contributed by atoms with Crippen molar-refractivity contribution in [2.45, 2.75) is 18.4 Å². The number of halogens is 1. The summed E-state index contributed by atoms with van der Waals surface area (Å²) >= 11 is 3.24. The summed E-state index contributed by atoms with van der Waals surface area (Å²) < 4.78 is 15.2. The molecule has 0 saturated heterocycles. The molecule has 1 unspecified atom stereocenters. The maximum atomic E-state index is 11.8. The van der Waals surface area contributed by atoms with E-state index in [4.69, 9.17) is 14.2 Å². The van der Waals surface area contributed by atoms with Crippen LogP contribution >= 0.6 is 15.9 Å². The Balaban J connectivity index is 2.76. The number of fused-ring (bicyclic) bond motifs is 1. The summed E-state index contributed by atoms with van der Waals surface area (Å²) in [4.78, 5) is 23.7. The molecular formula is C13H13BrO5. The first kappa shape index (κ1) is 13.9. The number of benzene rings is 1. The lowest BCUT2D eigenvalue weighted by Gasteiger charge is -2.14. The third-order valence-corrected chi connectivity index (χ3v) is 3.72. The highest BCUT2D eigenvalue weighted by atomic mass is 79.9. The Kier molecular flexibility index (Phi) is 3.80. The molecule has 0 aliphatic carbocycles. The van der Waals surface area contributed by atoms with Crippen LogP contribution in [0, 0.1) is 0 Å². The van der Waals surface area contributed by atoms with E-state index >= 15 is 0 Å². The van der Waals surface area contributed by atoms with Gasteiger partial charge in [-0.05, 0) is 28.4 Å². The van der Waals surface area contributed by atoms with Crippen molar-refractivity contribution in [2.24, 2.45) is 0 Å². The second-order valence-electron chi connectivity index (χ2n) is 3.97. The van der Waals surface area contributed by atoms with Crippen molar-refractivity contribution in [3.05, 3.63) is 28.3 Å². The van der Waals surface area contributed by atoms with E-state index in [-0.39, 0.29) is 0 Å². The quantitative estimate of drug-likeness (QED) is 0.630. The van der Waals surface area contributed by atoms with Crippen molar-refractivity contribution in [3.8, 4) is 5.75 Å².